The minimum Gasteiger partial charge on any atom is -0.444 e. The molecule has 0 atom stereocenters. The van der Waals surface area contributed by atoms with Crippen molar-refractivity contribution in [3.8, 4) is 22.4 Å². The summed E-state index contributed by atoms with van der Waals surface area (Å²) in [7, 11) is 0. The Morgan fingerprint density at radius 2 is 1.69 bits per heavy atom. The van der Waals surface area contributed by atoms with Crippen LogP contribution in [0.3, 0.4) is 0 Å². The third kappa shape index (κ3) is 4.95. The van der Waals surface area contributed by atoms with Gasteiger partial charge >= 0.3 is 6.09 Å². The molecule has 2 aliphatic rings. The number of aromatic nitrogens is 4. The number of fused-ring (bicyclic) bond motifs is 1. The van der Waals surface area contributed by atoms with Crippen molar-refractivity contribution < 1.29 is 9.53 Å². The molecule has 2 saturated carbocycles. The quantitative estimate of drug-likeness (QED) is 0.294. The van der Waals surface area contributed by atoms with Gasteiger partial charge in [0, 0.05) is 11.6 Å². The van der Waals surface area contributed by atoms with Crippen molar-refractivity contribution in [2.75, 3.05) is 5.32 Å². The first-order valence-electron chi connectivity index (χ1n) is 13.9. The zero-order chi connectivity index (χ0) is 27.2. The number of nitrogens with one attached hydrogen (secondary N) is 2. The maximum Gasteiger partial charge on any atom is 0.408 e. The number of alkyl carbamates (subject to hydrolysis) is 1. The Morgan fingerprint density at radius 1 is 0.974 bits per heavy atom. The molecule has 0 bridgehead atoms. The normalized spacial score (nSPS) is 16.8. The molecule has 2 N–H and O–H groups in total. The van der Waals surface area contributed by atoms with Crippen molar-refractivity contribution in [2.24, 2.45) is 0 Å². The van der Waals surface area contributed by atoms with Gasteiger partial charge in [-0.15, -0.1) is 5.10 Å². The van der Waals surface area contributed by atoms with Gasteiger partial charge in [-0.05, 0) is 77.3 Å². The first-order chi connectivity index (χ1) is 18.7. The van der Waals surface area contributed by atoms with Gasteiger partial charge in [0.25, 0.3) is 5.78 Å². The van der Waals surface area contributed by atoms with Crippen LogP contribution >= 0.6 is 0 Å². The summed E-state index contributed by atoms with van der Waals surface area (Å²) in [5.41, 5.74) is 4.07. The van der Waals surface area contributed by atoms with Gasteiger partial charge in [-0.1, -0.05) is 54.6 Å². The molecule has 2 aliphatic carbocycles. The van der Waals surface area contributed by atoms with Gasteiger partial charge in [0.1, 0.15) is 17.2 Å². The van der Waals surface area contributed by atoms with Gasteiger partial charge < -0.3 is 15.4 Å². The smallest absolute Gasteiger partial charge is 0.408 e. The molecule has 2 heterocycles. The number of amides is 1. The summed E-state index contributed by atoms with van der Waals surface area (Å²) >= 11 is 0. The molecule has 202 valence electrons. The number of aryl methyl sites for hydroxylation is 1. The van der Waals surface area contributed by atoms with Gasteiger partial charge in [-0.2, -0.15) is 9.50 Å². The standard InChI is InChI=1S/C31H36N6O2/c1-20-32-28-34-26(25(21-10-6-5-7-11-21)27(37(28)36-20)33-24-12-8-13-24)22-14-16-23(17-15-22)31(18-9-19-31)35-29(38)39-30(2,3)4/h5-7,10-11,14-17,24,33H,8-9,12-13,18-19H2,1-4H3,(H,35,38). The summed E-state index contributed by atoms with van der Waals surface area (Å²) in [5, 5.41) is 11.6. The van der Waals surface area contributed by atoms with E-state index >= 15 is 0 Å². The highest BCUT2D eigenvalue weighted by molar-refractivity contribution is 5.89. The zero-order valence-corrected chi connectivity index (χ0v) is 23.1. The number of nitrogens with zero attached hydrogens (tertiary/aromatic N) is 4. The van der Waals surface area contributed by atoms with Crippen LogP contribution in [0.5, 0.6) is 0 Å². The van der Waals surface area contributed by atoms with Crippen molar-refractivity contribution in [3.63, 3.8) is 0 Å². The second kappa shape index (κ2) is 9.67. The van der Waals surface area contributed by atoms with E-state index in [4.69, 9.17) is 14.8 Å². The first kappa shape index (κ1) is 25.3. The molecule has 2 aromatic carbocycles. The van der Waals surface area contributed by atoms with Crippen molar-refractivity contribution in [3.05, 3.63) is 66.0 Å². The summed E-state index contributed by atoms with van der Waals surface area (Å²) in [4.78, 5) is 22.3. The molecule has 0 unspecified atom stereocenters. The van der Waals surface area contributed by atoms with Crippen LogP contribution in [0.4, 0.5) is 10.6 Å². The Hall–Kier alpha value is -3.94. The average molecular weight is 525 g/mol. The Morgan fingerprint density at radius 3 is 2.28 bits per heavy atom. The Balaban J connectivity index is 1.42. The van der Waals surface area contributed by atoms with Crippen molar-refractivity contribution in [1.29, 1.82) is 0 Å². The lowest BCUT2D eigenvalue weighted by molar-refractivity contribution is 0.0377. The predicted octanol–water partition coefficient (Wildman–Crippen LogP) is 6.64. The minimum atomic E-state index is -0.539. The summed E-state index contributed by atoms with van der Waals surface area (Å²) in [5.74, 6) is 2.19. The van der Waals surface area contributed by atoms with Crippen molar-refractivity contribution in [2.45, 2.75) is 83.4 Å². The molecule has 0 saturated heterocycles. The highest BCUT2D eigenvalue weighted by Gasteiger charge is 2.41. The van der Waals surface area contributed by atoms with Crippen LogP contribution in [0.2, 0.25) is 0 Å². The number of anilines is 1. The van der Waals surface area contributed by atoms with E-state index in [1.54, 1.807) is 0 Å². The Labute approximate surface area is 229 Å². The largest absolute Gasteiger partial charge is 0.444 e. The molecule has 0 aliphatic heterocycles. The zero-order valence-electron chi connectivity index (χ0n) is 23.1. The topological polar surface area (TPSA) is 93.4 Å². The van der Waals surface area contributed by atoms with Crippen LogP contribution in [0, 0.1) is 6.92 Å². The number of ether oxygens (including phenoxy) is 1. The van der Waals surface area contributed by atoms with Crippen molar-refractivity contribution >= 4 is 17.7 Å². The molecular weight excluding hydrogens is 488 g/mol. The molecule has 8 nitrogen and oxygen atoms in total. The highest BCUT2D eigenvalue weighted by Crippen LogP contribution is 2.43. The lowest BCUT2D eigenvalue weighted by Gasteiger charge is -2.43. The summed E-state index contributed by atoms with van der Waals surface area (Å²) < 4.78 is 7.42. The number of hydrogen-bond donors (Lipinski definition) is 2. The molecule has 6 rings (SSSR count). The van der Waals surface area contributed by atoms with Gasteiger partial charge in [0.15, 0.2) is 0 Å². The minimum absolute atomic E-state index is 0.376. The maximum absolute atomic E-state index is 12.6. The summed E-state index contributed by atoms with van der Waals surface area (Å²) in [6.07, 6.45) is 5.98. The molecule has 0 spiro atoms. The SMILES string of the molecule is Cc1nc2nc(-c3ccc(C4(NC(=O)OC(C)(C)C)CCC4)cc3)c(-c3ccccc3)c(NC3CCC3)n2n1. The van der Waals surface area contributed by atoms with Crippen LogP contribution < -0.4 is 10.6 Å². The second-order valence-electron chi connectivity index (χ2n) is 11.8. The van der Waals surface area contributed by atoms with Gasteiger partial charge in [-0.25, -0.2) is 9.78 Å². The third-order valence-electron chi connectivity index (χ3n) is 7.76. The fourth-order valence-corrected chi connectivity index (χ4v) is 5.43. The molecule has 4 aromatic rings. The van der Waals surface area contributed by atoms with Crippen LogP contribution in [0.25, 0.3) is 28.2 Å². The van der Waals surface area contributed by atoms with E-state index in [9.17, 15) is 4.79 Å². The van der Waals surface area contributed by atoms with Crippen LogP contribution in [-0.2, 0) is 10.3 Å². The maximum atomic E-state index is 12.6. The predicted molar refractivity (Wildman–Crippen MR) is 153 cm³/mol. The monoisotopic (exact) mass is 524 g/mol. The van der Waals surface area contributed by atoms with Crippen LogP contribution in [-0.4, -0.2) is 37.3 Å². The Bertz CT molecular complexity index is 1500. The number of carbonyl (C=O) groups is 1. The van der Waals surface area contributed by atoms with Crippen LogP contribution in [0.1, 0.15) is 70.7 Å². The third-order valence-corrected chi connectivity index (χ3v) is 7.76. The van der Waals surface area contributed by atoms with Gasteiger partial charge in [0.2, 0.25) is 0 Å². The molecule has 2 fully saturated rings. The van der Waals surface area contributed by atoms with E-state index in [0.29, 0.717) is 17.6 Å². The van der Waals surface area contributed by atoms with E-state index < -0.39 is 11.1 Å². The summed E-state index contributed by atoms with van der Waals surface area (Å²) in [6, 6.07) is 19.2. The first-order valence-corrected chi connectivity index (χ1v) is 13.9. The lowest BCUT2D eigenvalue weighted by Crippen LogP contribution is -2.52. The number of hydrogen-bond acceptors (Lipinski definition) is 6. The fourth-order valence-electron chi connectivity index (χ4n) is 5.43. The molecule has 2 aromatic heterocycles. The van der Waals surface area contributed by atoms with Crippen molar-refractivity contribution in [1.82, 2.24) is 24.9 Å². The Kier molecular flexibility index (Phi) is 6.28. The van der Waals surface area contributed by atoms with E-state index in [2.05, 4.69) is 64.1 Å². The number of benzene rings is 2. The molecule has 1 amide bonds. The van der Waals surface area contributed by atoms with E-state index in [1.165, 1.54) is 6.42 Å². The molecule has 0 radical (unpaired) electrons. The van der Waals surface area contributed by atoms with Gasteiger partial charge in [0.05, 0.1) is 16.8 Å². The molecule has 8 heteroatoms. The fraction of sp³-hybridized carbons (Fsp3) is 0.419. The summed E-state index contributed by atoms with van der Waals surface area (Å²) in [6.45, 7) is 7.55. The van der Waals surface area contributed by atoms with E-state index in [-0.39, 0.29) is 6.09 Å². The average Bonchev–Trinajstić information content (AvgIpc) is 3.23. The second-order valence-corrected chi connectivity index (χ2v) is 11.8. The van der Waals surface area contributed by atoms with Crippen LogP contribution in [0.15, 0.2) is 54.6 Å². The lowest BCUT2D eigenvalue weighted by atomic mass is 9.71. The number of rotatable bonds is 6. The van der Waals surface area contributed by atoms with E-state index in [0.717, 1.165) is 65.9 Å². The number of carbonyl (C=O) groups excluding carboxylic acids is 1. The van der Waals surface area contributed by atoms with E-state index in [1.807, 2.05) is 38.3 Å². The molecule has 39 heavy (non-hydrogen) atoms. The van der Waals surface area contributed by atoms with Gasteiger partial charge in [-0.3, -0.25) is 0 Å². The highest BCUT2D eigenvalue weighted by atomic mass is 16.6. The molecular formula is C31H36N6O2.